The quantitative estimate of drug-likeness (QED) is 0.166. The normalized spacial score (nSPS) is 12.2. The van der Waals surface area contributed by atoms with E-state index >= 15 is 0 Å². The lowest BCUT2D eigenvalue weighted by molar-refractivity contribution is 0.669. The van der Waals surface area contributed by atoms with Crippen molar-refractivity contribution in [2.75, 3.05) is 0 Å². The van der Waals surface area contributed by atoms with Gasteiger partial charge in [0.05, 0.1) is 22.1 Å². The molecular formula is C69H39N5O2S. The van der Waals surface area contributed by atoms with Crippen LogP contribution in [0.25, 0.3) is 164 Å². The summed E-state index contributed by atoms with van der Waals surface area (Å²) in [5, 5.41) is 11.2. The molecule has 8 heteroatoms. The molecule has 0 fully saturated rings. The molecule has 7 nitrogen and oxygen atoms in total. The topological polar surface area (TPSA) is 74.8 Å². The molecule has 0 aliphatic rings. The van der Waals surface area contributed by atoms with E-state index in [0.29, 0.717) is 17.6 Å². The van der Waals surface area contributed by atoms with Crippen LogP contribution in [-0.2, 0) is 0 Å². The summed E-state index contributed by atoms with van der Waals surface area (Å²) in [5.74, 6) is 1.69. The van der Waals surface area contributed by atoms with Crippen LogP contribution < -0.4 is 0 Å². The highest BCUT2D eigenvalue weighted by Gasteiger charge is 2.23. The Labute approximate surface area is 442 Å². The van der Waals surface area contributed by atoms with E-state index in [1.54, 1.807) is 11.3 Å². The molecule has 17 aromatic rings. The van der Waals surface area contributed by atoms with Gasteiger partial charge in [0.1, 0.15) is 22.3 Å². The molecular weight excluding hydrogens is 963 g/mol. The van der Waals surface area contributed by atoms with Crippen LogP contribution in [0.1, 0.15) is 0 Å². The Hall–Kier alpha value is -10.2. The van der Waals surface area contributed by atoms with E-state index in [1.807, 2.05) is 12.1 Å². The van der Waals surface area contributed by atoms with Crippen molar-refractivity contribution in [1.29, 1.82) is 0 Å². The summed E-state index contributed by atoms with van der Waals surface area (Å²) in [4.78, 5) is 16.1. The minimum Gasteiger partial charge on any atom is -0.456 e. The lowest BCUT2D eigenvalue weighted by Gasteiger charge is -2.11. The molecule has 0 N–H and O–H groups in total. The van der Waals surface area contributed by atoms with Gasteiger partial charge in [-0.25, -0.2) is 4.98 Å². The van der Waals surface area contributed by atoms with E-state index in [0.717, 1.165) is 105 Å². The average Bonchev–Trinajstić information content (AvgIpc) is 4.44. The number of hydrogen-bond donors (Lipinski definition) is 0. The van der Waals surface area contributed by atoms with Crippen molar-refractivity contribution in [2.24, 2.45) is 0 Å². The van der Waals surface area contributed by atoms with Crippen molar-refractivity contribution < 1.29 is 8.83 Å². The zero-order chi connectivity index (χ0) is 50.3. The summed E-state index contributed by atoms with van der Waals surface area (Å²) in [6.07, 6.45) is 0. The highest BCUT2D eigenvalue weighted by Crippen LogP contribution is 2.44. The maximum Gasteiger partial charge on any atom is 0.238 e. The van der Waals surface area contributed by atoms with Crippen molar-refractivity contribution in [3.8, 4) is 56.7 Å². The van der Waals surface area contributed by atoms with Crippen LogP contribution in [0, 0.1) is 0 Å². The number of para-hydroxylation sites is 4. The smallest absolute Gasteiger partial charge is 0.238 e. The van der Waals surface area contributed by atoms with Gasteiger partial charge in [-0.2, -0.15) is 9.97 Å². The maximum atomic E-state index is 6.71. The van der Waals surface area contributed by atoms with Crippen LogP contribution in [0.3, 0.4) is 0 Å². The number of furan rings is 2. The van der Waals surface area contributed by atoms with E-state index in [4.69, 9.17) is 23.8 Å². The van der Waals surface area contributed by atoms with Gasteiger partial charge in [0.25, 0.3) is 0 Å². The number of hydrogen-bond acceptors (Lipinski definition) is 6. The first-order valence-corrected chi connectivity index (χ1v) is 26.6. The van der Waals surface area contributed by atoms with Gasteiger partial charge in [0.15, 0.2) is 11.6 Å². The lowest BCUT2D eigenvalue weighted by Crippen LogP contribution is -2.06. The summed E-state index contributed by atoms with van der Waals surface area (Å²) in [7, 11) is 0. The molecule has 6 aromatic heterocycles. The second-order valence-electron chi connectivity index (χ2n) is 19.9. The first kappa shape index (κ1) is 42.2. The molecule has 0 aliphatic heterocycles. The van der Waals surface area contributed by atoms with Gasteiger partial charge in [0, 0.05) is 80.1 Å². The van der Waals surface area contributed by atoms with Crippen molar-refractivity contribution in [3.63, 3.8) is 0 Å². The SMILES string of the molecule is c1ccc(-n2c3ccccc3c3cc(-c4ccc5oc6cccc(-c7ccc8oc9cccc(-c%10nc(-c%11ccc%12c(c%11)sc%11ccccc%11%12)nc(-n%11c%12ccccc%12c%12ccccc%12%11)n%10)c9c8c7)c6c5c4)ccc32)cc1. The molecule has 0 bridgehead atoms. The first-order chi connectivity index (χ1) is 38.1. The predicted octanol–water partition coefficient (Wildman–Crippen LogP) is 18.9. The van der Waals surface area contributed by atoms with Crippen LogP contribution in [0.15, 0.2) is 245 Å². The Kier molecular flexibility index (Phi) is 8.87. The van der Waals surface area contributed by atoms with Gasteiger partial charge in [0.2, 0.25) is 5.95 Å². The third kappa shape index (κ3) is 6.34. The highest BCUT2D eigenvalue weighted by atomic mass is 32.1. The Morgan fingerprint density at radius 2 is 0.818 bits per heavy atom. The lowest BCUT2D eigenvalue weighted by atomic mass is 9.95. The third-order valence-electron chi connectivity index (χ3n) is 15.6. The number of nitrogens with zero attached hydrogens (tertiary/aromatic N) is 5. The van der Waals surface area contributed by atoms with Gasteiger partial charge >= 0.3 is 0 Å². The summed E-state index contributed by atoms with van der Waals surface area (Å²) in [6, 6.07) is 83.8. The Balaban J connectivity index is 0.838. The van der Waals surface area contributed by atoms with Gasteiger partial charge in [-0.15, -0.1) is 11.3 Å². The molecule has 17 rings (SSSR count). The molecule has 0 aliphatic carbocycles. The van der Waals surface area contributed by atoms with Gasteiger partial charge in [-0.3, -0.25) is 4.57 Å². The monoisotopic (exact) mass is 1000 g/mol. The zero-order valence-corrected chi connectivity index (χ0v) is 41.8. The van der Waals surface area contributed by atoms with Crippen molar-refractivity contribution in [2.45, 2.75) is 0 Å². The van der Waals surface area contributed by atoms with Crippen LogP contribution in [0.4, 0.5) is 0 Å². The second-order valence-corrected chi connectivity index (χ2v) is 20.9. The molecule has 0 radical (unpaired) electrons. The van der Waals surface area contributed by atoms with Gasteiger partial charge in [-0.05, 0) is 113 Å². The minimum absolute atomic E-state index is 0.543. The fourth-order valence-corrected chi connectivity index (χ4v) is 13.3. The van der Waals surface area contributed by atoms with Crippen LogP contribution in [0.5, 0.6) is 0 Å². The summed E-state index contributed by atoms with van der Waals surface area (Å²) in [5.41, 5.74) is 14.9. The molecule has 11 aromatic carbocycles. The van der Waals surface area contributed by atoms with Crippen LogP contribution in [-0.4, -0.2) is 24.1 Å². The fourth-order valence-electron chi connectivity index (χ4n) is 12.2. The predicted molar refractivity (Wildman–Crippen MR) is 318 cm³/mol. The molecule has 0 saturated carbocycles. The zero-order valence-electron chi connectivity index (χ0n) is 41.0. The van der Waals surface area contributed by atoms with Crippen LogP contribution >= 0.6 is 11.3 Å². The minimum atomic E-state index is 0.543. The molecule has 77 heavy (non-hydrogen) atoms. The van der Waals surface area contributed by atoms with Crippen LogP contribution in [0.2, 0.25) is 0 Å². The summed E-state index contributed by atoms with van der Waals surface area (Å²) < 4.78 is 20.3. The Morgan fingerprint density at radius 3 is 1.55 bits per heavy atom. The van der Waals surface area contributed by atoms with Crippen molar-refractivity contribution in [3.05, 3.63) is 237 Å². The number of fused-ring (bicyclic) bond motifs is 15. The van der Waals surface area contributed by atoms with E-state index in [1.165, 1.54) is 42.0 Å². The molecule has 0 saturated heterocycles. The summed E-state index contributed by atoms with van der Waals surface area (Å²) >= 11 is 1.79. The van der Waals surface area contributed by atoms with Gasteiger partial charge < -0.3 is 13.4 Å². The molecule has 6 heterocycles. The van der Waals surface area contributed by atoms with E-state index in [-0.39, 0.29) is 0 Å². The Bertz CT molecular complexity index is 5260. The number of benzene rings is 11. The highest BCUT2D eigenvalue weighted by molar-refractivity contribution is 7.25. The third-order valence-corrected chi connectivity index (χ3v) is 16.7. The molecule has 0 spiro atoms. The largest absolute Gasteiger partial charge is 0.456 e. The average molecular weight is 1000 g/mol. The number of aromatic nitrogens is 5. The Morgan fingerprint density at radius 1 is 0.299 bits per heavy atom. The van der Waals surface area contributed by atoms with Crippen molar-refractivity contribution >= 4 is 119 Å². The number of thiophene rings is 1. The molecule has 0 amide bonds. The first-order valence-electron chi connectivity index (χ1n) is 25.8. The summed E-state index contributed by atoms with van der Waals surface area (Å²) in [6.45, 7) is 0. The fraction of sp³-hybridized carbons (Fsp3) is 0. The molecule has 358 valence electrons. The number of rotatable bonds is 6. The van der Waals surface area contributed by atoms with E-state index in [2.05, 4.69) is 234 Å². The van der Waals surface area contributed by atoms with Crippen molar-refractivity contribution in [1.82, 2.24) is 24.1 Å². The second kappa shape index (κ2) is 16.2. The molecule has 0 atom stereocenters. The maximum absolute atomic E-state index is 6.71. The van der Waals surface area contributed by atoms with Gasteiger partial charge in [-0.1, -0.05) is 146 Å². The van der Waals surface area contributed by atoms with E-state index < -0.39 is 0 Å². The van der Waals surface area contributed by atoms with E-state index in [9.17, 15) is 0 Å². The standard InChI is InChI=1S/C69H39N5O2S/c1-2-14-44(15-3-1)73-55-22-8-6-18-48(55)52-36-40(29-33-58(52)73)41-30-34-59-53(37-41)65-45(20-12-25-61(65)75-59)42-31-35-60-54(38-42)66-51(21-13-26-62(66)76-60)68-70-67(43-28-32-50-49-19-7-11-27-63(49)77-64(50)39-43)71-69(72-68)74-56-23-9-4-16-46(56)47-17-5-10-24-57(47)74/h1-39H. The molecule has 0 unspecified atom stereocenters.